The molecular weight excluding hydrogens is 229 g/mol. The lowest BCUT2D eigenvalue weighted by atomic mass is 10.3. The predicted molar refractivity (Wildman–Crippen MR) is 76.3 cm³/mol. The van der Waals surface area contributed by atoms with E-state index in [1.807, 2.05) is 51.1 Å². The van der Waals surface area contributed by atoms with Gasteiger partial charge in [0.2, 0.25) is 0 Å². The predicted octanol–water partition coefficient (Wildman–Crippen LogP) is 3.78. The third-order valence-corrected chi connectivity index (χ3v) is 6.51. The normalized spacial score (nSPS) is 15.5. The number of hydrogen-bond acceptors (Lipinski definition) is 1. The minimum atomic E-state index is -2.54. The Kier molecular flexibility index (Phi) is 4.97. The standard InChI is InChI=1S/C14H24NOP/c1-5-6-12-15-17(16,14(2,3)4)13-10-8-7-9-11-13/h7-11H,5-6,12H2,1-4H3,(H,15,16)/t17-/m0/s1. The molecular formula is C14H24NOP. The van der Waals surface area contributed by atoms with Gasteiger partial charge in [0.25, 0.3) is 0 Å². The van der Waals surface area contributed by atoms with Crippen LogP contribution in [-0.4, -0.2) is 11.7 Å². The van der Waals surface area contributed by atoms with Crippen molar-refractivity contribution in [2.75, 3.05) is 6.54 Å². The summed E-state index contributed by atoms with van der Waals surface area (Å²) in [5.74, 6) is 0. The van der Waals surface area contributed by atoms with Gasteiger partial charge in [-0.2, -0.15) is 0 Å². The molecule has 96 valence electrons. The average molecular weight is 253 g/mol. The van der Waals surface area contributed by atoms with Crippen molar-refractivity contribution >= 4 is 12.6 Å². The van der Waals surface area contributed by atoms with Gasteiger partial charge < -0.3 is 4.57 Å². The maximum Gasteiger partial charge on any atom is 0.181 e. The molecule has 0 saturated heterocycles. The smallest absolute Gasteiger partial charge is 0.181 e. The zero-order valence-corrected chi connectivity index (χ0v) is 12.3. The van der Waals surface area contributed by atoms with Crippen molar-refractivity contribution in [3.8, 4) is 0 Å². The Morgan fingerprint density at radius 3 is 2.24 bits per heavy atom. The van der Waals surface area contributed by atoms with Gasteiger partial charge in [0.15, 0.2) is 7.29 Å². The van der Waals surface area contributed by atoms with E-state index in [2.05, 4.69) is 12.0 Å². The molecule has 0 aliphatic heterocycles. The molecule has 0 radical (unpaired) electrons. The molecule has 3 heteroatoms. The van der Waals surface area contributed by atoms with Gasteiger partial charge >= 0.3 is 0 Å². The highest BCUT2D eigenvalue weighted by Crippen LogP contribution is 2.52. The first-order chi connectivity index (χ1) is 7.92. The van der Waals surface area contributed by atoms with E-state index in [0.717, 1.165) is 24.7 Å². The second-order valence-electron chi connectivity index (χ2n) is 5.38. The molecule has 0 aliphatic rings. The molecule has 1 aromatic rings. The summed E-state index contributed by atoms with van der Waals surface area (Å²) in [5.41, 5.74) is 0. The SMILES string of the molecule is CCCCN[P@](=O)(c1ccccc1)C(C)(C)C. The van der Waals surface area contributed by atoms with Gasteiger partial charge in [-0.05, 0) is 6.42 Å². The largest absolute Gasteiger partial charge is 0.301 e. The molecule has 0 fully saturated rings. The van der Waals surface area contributed by atoms with E-state index in [-0.39, 0.29) is 5.16 Å². The average Bonchev–Trinajstić information content (AvgIpc) is 2.29. The second kappa shape index (κ2) is 5.84. The van der Waals surface area contributed by atoms with Gasteiger partial charge in [-0.15, -0.1) is 0 Å². The molecule has 1 aromatic carbocycles. The molecule has 0 aromatic heterocycles. The monoisotopic (exact) mass is 253 g/mol. The Morgan fingerprint density at radius 1 is 1.18 bits per heavy atom. The minimum absolute atomic E-state index is 0.248. The van der Waals surface area contributed by atoms with Crippen LogP contribution in [0.4, 0.5) is 0 Å². The summed E-state index contributed by atoms with van der Waals surface area (Å²) < 4.78 is 13.2. The number of unbranched alkanes of at least 4 members (excludes halogenated alkanes) is 1. The number of hydrogen-bond donors (Lipinski definition) is 1. The summed E-state index contributed by atoms with van der Waals surface area (Å²) in [7, 11) is -2.54. The maximum atomic E-state index is 13.2. The highest BCUT2D eigenvalue weighted by Gasteiger charge is 2.37. The van der Waals surface area contributed by atoms with Crippen molar-refractivity contribution < 1.29 is 4.57 Å². The Morgan fingerprint density at radius 2 is 1.76 bits per heavy atom. The Hall–Kier alpha value is -0.590. The highest BCUT2D eigenvalue weighted by molar-refractivity contribution is 7.71. The molecule has 1 N–H and O–H groups in total. The fourth-order valence-electron chi connectivity index (χ4n) is 1.77. The van der Waals surface area contributed by atoms with Crippen molar-refractivity contribution in [2.45, 2.75) is 45.7 Å². The lowest BCUT2D eigenvalue weighted by Gasteiger charge is -2.32. The summed E-state index contributed by atoms with van der Waals surface area (Å²) in [6.45, 7) is 9.09. The van der Waals surface area contributed by atoms with Crippen molar-refractivity contribution in [1.82, 2.24) is 5.09 Å². The summed E-state index contributed by atoms with van der Waals surface area (Å²) in [6.07, 6.45) is 2.18. The van der Waals surface area contributed by atoms with Crippen LogP contribution in [0.3, 0.4) is 0 Å². The van der Waals surface area contributed by atoms with E-state index in [1.165, 1.54) is 0 Å². The molecule has 1 rings (SSSR count). The van der Waals surface area contributed by atoms with E-state index in [1.54, 1.807) is 0 Å². The minimum Gasteiger partial charge on any atom is -0.301 e. The fraction of sp³-hybridized carbons (Fsp3) is 0.571. The van der Waals surface area contributed by atoms with Crippen LogP contribution in [0.2, 0.25) is 0 Å². The van der Waals surface area contributed by atoms with Crippen LogP contribution in [-0.2, 0) is 4.57 Å². The van der Waals surface area contributed by atoms with Crippen LogP contribution in [0.5, 0.6) is 0 Å². The van der Waals surface area contributed by atoms with Crippen molar-refractivity contribution in [1.29, 1.82) is 0 Å². The molecule has 1 atom stereocenters. The maximum absolute atomic E-state index is 13.2. The Balaban J connectivity index is 3.00. The van der Waals surface area contributed by atoms with Crippen molar-refractivity contribution in [3.63, 3.8) is 0 Å². The fourth-order valence-corrected chi connectivity index (χ4v) is 4.26. The van der Waals surface area contributed by atoms with E-state index < -0.39 is 7.29 Å². The molecule has 0 bridgehead atoms. The molecule has 0 saturated carbocycles. The number of benzene rings is 1. The van der Waals surface area contributed by atoms with Gasteiger partial charge in [-0.3, -0.25) is 5.09 Å². The highest BCUT2D eigenvalue weighted by atomic mass is 31.2. The lowest BCUT2D eigenvalue weighted by molar-refractivity contribution is 0.542. The van der Waals surface area contributed by atoms with Crippen LogP contribution in [0, 0.1) is 0 Å². The van der Waals surface area contributed by atoms with E-state index in [9.17, 15) is 4.57 Å². The summed E-state index contributed by atoms with van der Waals surface area (Å²) >= 11 is 0. The molecule has 0 aliphatic carbocycles. The lowest BCUT2D eigenvalue weighted by Crippen LogP contribution is -2.33. The second-order valence-corrected chi connectivity index (χ2v) is 8.77. The van der Waals surface area contributed by atoms with E-state index >= 15 is 0 Å². The molecule has 0 spiro atoms. The first kappa shape index (κ1) is 14.5. The molecule has 0 unspecified atom stereocenters. The van der Waals surface area contributed by atoms with Crippen LogP contribution in [0.25, 0.3) is 0 Å². The first-order valence-electron chi connectivity index (χ1n) is 6.32. The van der Waals surface area contributed by atoms with Crippen LogP contribution in [0.1, 0.15) is 40.5 Å². The van der Waals surface area contributed by atoms with Crippen molar-refractivity contribution in [3.05, 3.63) is 30.3 Å². The summed E-state index contributed by atoms with van der Waals surface area (Å²) in [4.78, 5) is 0. The number of rotatable bonds is 5. The number of nitrogens with one attached hydrogen (secondary N) is 1. The summed E-state index contributed by atoms with van der Waals surface area (Å²) in [5, 5.41) is 3.99. The van der Waals surface area contributed by atoms with Gasteiger partial charge in [-0.25, -0.2) is 0 Å². The molecule has 17 heavy (non-hydrogen) atoms. The molecule has 2 nitrogen and oxygen atoms in total. The van der Waals surface area contributed by atoms with E-state index in [0.29, 0.717) is 0 Å². The third kappa shape index (κ3) is 3.43. The van der Waals surface area contributed by atoms with E-state index in [4.69, 9.17) is 0 Å². The van der Waals surface area contributed by atoms with Gasteiger partial charge in [-0.1, -0.05) is 64.4 Å². The van der Waals surface area contributed by atoms with Crippen LogP contribution >= 0.6 is 7.29 Å². The van der Waals surface area contributed by atoms with Gasteiger partial charge in [0, 0.05) is 17.0 Å². The van der Waals surface area contributed by atoms with Gasteiger partial charge in [0.05, 0.1) is 0 Å². The van der Waals surface area contributed by atoms with Crippen molar-refractivity contribution in [2.24, 2.45) is 0 Å². The Labute approximate surface area is 105 Å². The van der Waals surface area contributed by atoms with Crippen LogP contribution in [0.15, 0.2) is 30.3 Å². The zero-order chi connectivity index (χ0) is 12.9. The molecule has 0 amide bonds. The Bertz CT molecular complexity index is 381. The third-order valence-electron chi connectivity index (χ3n) is 2.93. The van der Waals surface area contributed by atoms with Crippen LogP contribution < -0.4 is 10.4 Å². The zero-order valence-electron chi connectivity index (χ0n) is 11.4. The summed E-state index contributed by atoms with van der Waals surface area (Å²) in [6, 6.07) is 9.79. The first-order valence-corrected chi connectivity index (χ1v) is 8.03. The molecule has 0 heterocycles. The quantitative estimate of drug-likeness (QED) is 0.639. The van der Waals surface area contributed by atoms with Gasteiger partial charge in [0.1, 0.15) is 0 Å². The topological polar surface area (TPSA) is 29.1 Å².